The van der Waals surface area contributed by atoms with Gasteiger partial charge in [-0.05, 0) is 35.9 Å². The van der Waals surface area contributed by atoms with Crippen LogP contribution in [0.3, 0.4) is 0 Å². The summed E-state index contributed by atoms with van der Waals surface area (Å²) in [6.45, 7) is 2.31. The van der Waals surface area contributed by atoms with Gasteiger partial charge >= 0.3 is 0 Å². The molecule has 2 aromatic carbocycles. The number of ether oxygens (including phenoxy) is 1. The highest BCUT2D eigenvalue weighted by Gasteiger charge is 2.27. The Bertz CT molecular complexity index is 836. The molecule has 1 unspecified atom stereocenters. The predicted molar refractivity (Wildman–Crippen MR) is 105 cm³/mol. The van der Waals surface area contributed by atoms with Gasteiger partial charge in [-0.15, -0.1) is 0 Å². The Balaban J connectivity index is 1.66. The Kier molecular flexibility index (Phi) is 6.22. The molecule has 3 rings (SSSR count). The lowest BCUT2D eigenvalue weighted by Crippen LogP contribution is -2.49. The molecule has 1 aliphatic heterocycles. The third-order valence-corrected chi connectivity index (χ3v) is 5.07. The number of nitrogens with zero attached hydrogens (tertiary/aromatic N) is 3. The molecule has 2 aromatic rings. The van der Waals surface area contributed by atoms with Gasteiger partial charge in [-0.3, -0.25) is 9.69 Å². The average molecular weight is 404 g/mol. The maximum Gasteiger partial charge on any atom is 0.254 e. The Morgan fingerprint density at radius 3 is 2.19 bits per heavy atom. The molecule has 1 amide bonds. The van der Waals surface area contributed by atoms with Gasteiger partial charge in [-0.1, -0.05) is 35.3 Å². The van der Waals surface area contributed by atoms with Crippen LogP contribution in [0.4, 0.5) is 0 Å². The molecule has 0 radical (unpaired) electrons. The Hall–Kier alpha value is -2.26. The van der Waals surface area contributed by atoms with Crippen molar-refractivity contribution in [2.75, 3.05) is 33.3 Å². The van der Waals surface area contributed by atoms with E-state index in [2.05, 4.69) is 11.0 Å². The van der Waals surface area contributed by atoms with Crippen LogP contribution in [0, 0.1) is 11.3 Å². The van der Waals surface area contributed by atoms with Crippen molar-refractivity contribution >= 4 is 29.1 Å². The van der Waals surface area contributed by atoms with Gasteiger partial charge in [0.05, 0.1) is 13.2 Å². The molecule has 1 atom stereocenters. The van der Waals surface area contributed by atoms with E-state index in [1.165, 1.54) is 0 Å². The van der Waals surface area contributed by atoms with E-state index < -0.39 is 0 Å². The number of methoxy groups -OCH3 is 1. The summed E-state index contributed by atoms with van der Waals surface area (Å²) in [6, 6.07) is 14.4. The zero-order valence-electron chi connectivity index (χ0n) is 14.9. The molecule has 7 heteroatoms. The predicted octanol–water partition coefficient (Wildman–Crippen LogP) is 4.02. The number of halogens is 2. The summed E-state index contributed by atoms with van der Waals surface area (Å²) >= 11 is 12.0. The van der Waals surface area contributed by atoms with Crippen LogP contribution in [-0.2, 0) is 0 Å². The number of carbonyl (C=O) groups is 1. The number of carbonyl (C=O) groups excluding carboxylic acids is 1. The molecular weight excluding hydrogens is 385 g/mol. The lowest BCUT2D eigenvalue weighted by Gasteiger charge is -2.37. The third-order valence-electron chi connectivity index (χ3n) is 4.63. The van der Waals surface area contributed by atoms with Crippen molar-refractivity contribution in [2.24, 2.45) is 0 Å². The number of hydrogen-bond donors (Lipinski definition) is 0. The fourth-order valence-corrected chi connectivity index (χ4v) is 3.72. The quantitative estimate of drug-likeness (QED) is 0.773. The fraction of sp³-hybridized carbons (Fsp3) is 0.300. The molecule has 1 aliphatic rings. The second-order valence-electron chi connectivity index (χ2n) is 6.29. The Morgan fingerprint density at radius 2 is 1.67 bits per heavy atom. The summed E-state index contributed by atoms with van der Waals surface area (Å²) in [4.78, 5) is 16.5. The third kappa shape index (κ3) is 4.54. The number of rotatable bonds is 4. The van der Waals surface area contributed by atoms with Crippen LogP contribution >= 0.6 is 23.2 Å². The largest absolute Gasteiger partial charge is 0.497 e. The number of benzene rings is 2. The van der Waals surface area contributed by atoms with Crippen LogP contribution in [0.15, 0.2) is 42.5 Å². The summed E-state index contributed by atoms with van der Waals surface area (Å²) in [6.07, 6.45) is 0. The first-order chi connectivity index (χ1) is 13.0. The first-order valence-electron chi connectivity index (χ1n) is 8.55. The van der Waals surface area contributed by atoms with Crippen LogP contribution in [0.5, 0.6) is 5.75 Å². The van der Waals surface area contributed by atoms with E-state index in [9.17, 15) is 10.1 Å². The van der Waals surface area contributed by atoms with Gasteiger partial charge in [-0.2, -0.15) is 5.26 Å². The van der Waals surface area contributed by atoms with E-state index in [0.717, 1.165) is 11.3 Å². The van der Waals surface area contributed by atoms with E-state index in [0.29, 0.717) is 41.8 Å². The molecule has 1 saturated heterocycles. The number of piperazine rings is 1. The van der Waals surface area contributed by atoms with Crippen molar-refractivity contribution in [3.8, 4) is 11.8 Å². The van der Waals surface area contributed by atoms with Crippen molar-refractivity contribution < 1.29 is 9.53 Å². The van der Waals surface area contributed by atoms with Crippen LogP contribution in [0.1, 0.15) is 22.0 Å². The van der Waals surface area contributed by atoms with Crippen LogP contribution < -0.4 is 4.74 Å². The van der Waals surface area contributed by atoms with Crippen LogP contribution in [-0.4, -0.2) is 49.0 Å². The highest BCUT2D eigenvalue weighted by Crippen LogP contribution is 2.25. The molecule has 0 aromatic heterocycles. The van der Waals surface area contributed by atoms with Gasteiger partial charge in [0.2, 0.25) is 0 Å². The maximum atomic E-state index is 12.7. The van der Waals surface area contributed by atoms with Crippen LogP contribution in [0.2, 0.25) is 10.0 Å². The molecule has 27 heavy (non-hydrogen) atoms. The SMILES string of the molecule is COc1ccc(C(C#N)N2CCN(C(=O)c3cc(Cl)cc(Cl)c3)CC2)cc1. The summed E-state index contributed by atoms with van der Waals surface area (Å²) in [7, 11) is 1.61. The number of hydrogen-bond acceptors (Lipinski definition) is 4. The molecule has 1 fully saturated rings. The van der Waals surface area contributed by atoms with E-state index in [1.807, 2.05) is 24.3 Å². The molecule has 0 N–H and O–H groups in total. The van der Waals surface area contributed by atoms with Gasteiger partial charge in [0, 0.05) is 41.8 Å². The zero-order chi connectivity index (χ0) is 19.4. The smallest absolute Gasteiger partial charge is 0.254 e. The second-order valence-corrected chi connectivity index (χ2v) is 7.16. The van der Waals surface area contributed by atoms with Crippen LogP contribution in [0.25, 0.3) is 0 Å². The molecule has 0 bridgehead atoms. The minimum atomic E-state index is -0.353. The highest BCUT2D eigenvalue weighted by molar-refractivity contribution is 6.35. The molecule has 0 saturated carbocycles. The average Bonchev–Trinajstić information content (AvgIpc) is 2.68. The highest BCUT2D eigenvalue weighted by atomic mass is 35.5. The Morgan fingerprint density at radius 1 is 1.07 bits per heavy atom. The maximum absolute atomic E-state index is 12.7. The first kappa shape index (κ1) is 19.5. The van der Waals surface area contributed by atoms with Crippen molar-refractivity contribution in [3.63, 3.8) is 0 Å². The summed E-state index contributed by atoms with van der Waals surface area (Å²) < 4.78 is 5.17. The van der Waals surface area contributed by atoms with Gasteiger partial charge in [0.1, 0.15) is 11.8 Å². The van der Waals surface area contributed by atoms with Crippen molar-refractivity contribution in [2.45, 2.75) is 6.04 Å². The minimum Gasteiger partial charge on any atom is -0.497 e. The minimum absolute atomic E-state index is 0.1000. The normalized spacial score (nSPS) is 15.9. The summed E-state index contributed by atoms with van der Waals surface area (Å²) in [5.41, 5.74) is 1.40. The second kappa shape index (κ2) is 8.62. The van der Waals surface area contributed by atoms with Gasteiger partial charge < -0.3 is 9.64 Å². The van der Waals surface area contributed by atoms with Gasteiger partial charge in [-0.25, -0.2) is 0 Å². The molecule has 0 spiro atoms. The van der Waals surface area contributed by atoms with E-state index >= 15 is 0 Å². The van der Waals surface area contributed by atoms with Gasteiger partial charge in [0.15, 0.2) is 0 Å². The zero-order valence-corrected chi connectivity index (χ0v) is 16.4. The van der Waals surface area contributed by atoms with E-state index in [4.69, 9.17) is 27.9 Å². The van der Waals surface area contributed by atoms with Crippen molar-refractivity contribution in [1.82, 2.24) is 9.80 Å². The molecule has 0 aliphatic carbocycles. The molecule has 1 heterocycles. The van der Waals surface area contributed by atoms with Gasteiger partial charge in [0.25, 0.3) is 5.91 Å². The first-order valence-corrected chi connectivity index (χ1v) is 9.30. The summed E-state index contributed by atoms with van der Waals surface area (Å²) in [5, 5.41) is 10.5. The lowest BCUT2D eigenvalue weighted by molar-refractivity contribution is 0.0606. The molecule has 5 nitrogen and oxygen atoms in total. The summed E-state index contributed by atoms with van der Waals surface area (Å²) in [5.74, 6) is 0.656. The van der Waals surface area contributed by atoms with E-state index in [-0.39, 0.29) is 11.9 Å². The lowest BCUT2D eigenvalue weighted by atomic mass is 10.1. The monoisotopic (exact) mass is 403 g/mol. The van der Waals surface area contributed by atoms with Crippen molar-refractivity contribution in [1.29, 1.82) is 5.26 Å². The molecule has 140 valence electrons. The van der Waals surface area contributed by atoms with Crippen molar-refractivity contribution in [3.05, 3.63) is 63.6 Å². The molecular formula is C20H19Cl2N3O2. The number of nitriles is 1. The fourth-order valence-electron chi connectivity index (χ4n) is 3.20. The Labute approximate surface area is 168 Å². The topological polar surface area (TPSA) is 56.6 Å². The standard InChI is InChI=1S/C20H19Cl2N3O2/c1-27-18-4-2-14(3-5-18)19(13-23)24-6-8-25(9-7-24)20(26)15-10-16(21)12-17(22)11-15/h2-5,10-12,19H,6-9H2,1H3. The van der Waals surface area contributed by atoms with E-state index in [1.54, 1.807) is 30.2 Å². The number of amides is 1.